The van der Waals surface area contributed by atoms with Crippen molar-refractivity contribution in [3.05, 3.63) is 5.82 Å². The van der Waals surface area contributed by atoms with Gasteiger partial charge in [0.2, 0.25) is 5.95 Å². The summed E-state index contributed by atoms with van der Waals surface area (Å²) in [5, 5.41) is 7.84. The van der Waals surface area contributed by atoms with E-state index in [0.717, 1.165) is 31.8 Å². The zero-order chi connectivity index (χ0) is 10.9. The molecule has 0 radical (unpaired) electrons. The lowest BCUT2D eigenvalue weighted by Gasteiger charge is -2.34. The summed E-state index contributed by atoms with van der Waals surface area (Å²) < 4.78 is 1.65. The fourth-order valence-electron chi connectivity index (χ4n) is 2.24. The van der Waals surface area contributed by atoms with Crippen LogP contribution in [0.4, 0.5) is 5.95 Å². The molecule has 15 heavy (non-hydrogen) atoms. The molecule has 1 fully saturated rings. The van der Waals surface area contributed by atoms with E-state index in [2.05, 4.69) is 22.3 Å². The van der Waals surface area contributed by atoms with Crippen LogP contribution >= 0.6 is 0 Å². The summed E-state index contributed by atoms with van der Waals surface area (Å²) >= 11 is 0. The molecule has 0 saturated carbocycles. The summed E-state index contributed by atoms with van der Waals surface area (Å²) in [6, 6.07) is 0. The molecule has 1 unspecified atom stereocenters. The molecule has 0 aromatic carbocycles. The van der Waals surface area contributed by atoms with Crippen molar-refractivity contribution < 1.29 is 0 Å². The molecule has 1 aliphatic rings. The van der Waals surface area contributed by atoms with Gasteiger partial charge in [-0.1, -0.05) is 6.92 Å². The number of hydrogen-bond donors (Lipinski definition) is 2. The van der Waals surface area contributed by atoms with Gasteiger partial charge in [0.1, 0.15) is 0 Å². The van der Waals surface area contributed by atoms with Crippen molar-refractivity contribution in [2.75, 3.05) is 18.8 Å². The summed E-state index contributed by atoms with van der Waals surface area (Å²) in [4.78, 5) is 4.37. The Morgan fingerprint density at radius 2 is 2.40 bits per heavy atom. The van der Waals surface area contributed by atoms with Gasteiger partial charge in [0.25, 0.3) is 0 Å². The highest BCUT2D eigenvalue weighted by atomic mass is 15.4. The van der Waals surface area contributed by atoms with E-state index in [1.807, 2.05) is 7.05 Å². The van der Waals surface area contributed by atoms with Crippen molar-refractivity contribution in [3.63, 3.8) is 0 Å². The van der Waals surface area contributed by atoms with Gasteiger partial charge in [-0.15, -0.1) is 0 Å². The third-order valence-corrected chi connectivity index (χ3v) is 3.42. The van der Waals surface area contributed by atoms with Crippen molar-refractivity contribution >= 4 is 5.95 Å². The van der Waals surface area contributed by atoms with Gasteiger partial charge >= 0.3 is 0 Å². The van der Waals surface area contributed by atoms with Crippen molar-refractivity contribution in [3.8, 4) is 0 Å². The fraction of sp³-hybridized carbons (Fsp3) is 0.800. The number of aromatic nitrogens is 3. The Balaban J connectivity index is 2.32. The van der Waals surface area contributed by atoms with Gasteiger partial charge in [0.15, 0.2) is 5.82 Å². The van der Waals surface area contributed by atoms with E-state index in [9.17, 15) is 0 Å². The molecular formula is C10H19N5. The average molecular weight is 209 g/mol. The monoisotopic (exact) mass is 209 g/mol. The molecule has 2 heterocycles. The Bertz CT molecular complexity index is 318. The van der Waals surface area contributed by atoms with Gasteiger partial charge in [0, 0.05) is 19.0 Å². The number of nitrogen functional groups attached to an aromatic ring is 1. The fourth-order valence-corrected chi connectivity index (χ4v) is 2.24. The number of piperidine rings is 1. The normalized spacial score (nSPS) is 26.8. The van der Waals surface area contributed by atoms with Crippen LogP contribution in [0.3, 0.4) is 0 Å². The molecule has 1 aromatic heterocycles. The molecule has 84 valence electrons. The van der Waals surface area contributed by atoms with Crippen LogP contribution in [0.25, 0.3) is 0 Å². The van der Waals surface area contributed by atoms with Crippen LogP contribution in [-0.2, 0) is 12.5 Å². The van der Waals surface area contributed by atoms with E-state index in [1.165, 1.54) is 6.42 Å². The van der Waals surface area contributed by atoms with Crippen LogP contribution in [0.15, 0.2) is 0 Å². The van der Waals surface area contributed by atoms with Gasteiger partial charge in [-0.25, -0.2) is 4.68 Å². The van der Waals surface area contributed by atoms with Crippen LogP contribution < -0.4 is 11.1 Å². The first kappa shape index (κ1) is 10.4. The van der Waals surface area contributed by atoms with E-state index >= 15 is 0 Å². The van der Waals surface area contributed by atoms with E-state index in [-0.39, 0.29) is 5.41 Å². The summed E-state index contributed by atoms with van der Waals surface area (Å²) in [6.45, 7) is 4.26. The van der Waals surface area contributed by atoms with Gasteiger partial charge in [-0.05, 0) is 25.8 Å². The summed E-state index contributed by atoms with van der Waals surface area (Å²) in [5.74, 6) is 1.40. The first-order valence-corrected chi connectivity index (χ1v) is 5.56. The first-order valence-electron chi connectivity index (χ1n) is 5.56. The third kappa shape index (κ3) is 1.71. The largest absolute Gasteiger partial charge is 0.368 e. The van der Waals surface area contributed by atoms with Crippen molar-refractivity contribution in [2.24, 2.45) is 7.05 Å². The van der Waals surface area contributed by atoms with Gasteiger partial charge in [-0.2, -0.15) is 10.1 Å². The molecule has 3 N–H and O–H groups in total. The number of nitrogens with zero attached hydrogens (tertiary/aromatic N) is 3. The maximum atomic E-state index is 5.73. The predicted molar refractivity (Wildman–Crippen MR) is 59.5 cm³/mol. The minimum Gasteiger partial charge on any atom is -0.368 e. The molecule has 1 aliphatic heterocycles. The van der Waals surface area contributed by atoms with Crippen LogP contribution in [0.5, 0.6) is 0 Å². The topological polar surface area (TPSA) is 68.8 Å². The van der Waals surface area contributed by atoms with E-state index in [0.29, 0.717) is 5.95 Å². The predicted octanol–water partition coefficient (Wildman–Crippen LogP) is 0.428. The molecule has 5 nitrogen and oxygen atoms in total. The highest BCUT2D eigenvalue weighted by molar-refractivity contribution is 5.21. The molecule has 1 aromatic rings. The smallest absolute Gasteiger partial charge is 0.218 e. The van der Waals surface area contributed by atoms with Gasteiger partial charge in [-0.3, -0.25) is 0 Å². The van der Waals surface area contributed by atoms with Crippen molar-refractivity contribution in [2.45, 2.75) is 31.6 Å². The molecule has 2 rings (SSSR count). The summed E-state index contributed by atoms with van der Waals surface area (Å²) in [6.07, 6.45) is 3.40. The molecule has 5 heteroatoms. The van der Waals surface area contributed by atoms with Crippen LogP contribution in [0.2, 0.25) is 0 Å². The first-order chi connectivity index (χ1) is 7.18. The molecule has 0 amide bonds. The van der Waals surface area contributed by atoms with Crippen LogP contribution in [-0.4, -0.2) is 27.9 Å². The number of aryl methyl sites for hydroxylation is 1. The van der Waals surface area contributed by atoms with E-state index in [1.54, 1.807) is 4.68 Å². The lowest BCUT2D eigenvalue weighted by atomic mass is 9.78. The molecule has 0 aliphatic carbocycles. The van der Waals surface area contributed by atoms with Crippen LogP contribution in [0.1, 0.15) is 32.0 Å². The second-order valence-corrected chi connectivity index (χ2v) is 4.33. The minimum absolute atomic E-state index is 0.0909. The average Bonchev–Trinajstić information content (AvgIpc) is 2.61. The third-order valence-electron chi connectivity index (χ3n) is 3.42. The Hall–Kier alpha value is -1.10. The summed E-state index contributed by atoms with van der Waals surface area (Å²) in [7, 11) is 1.84. The zero-order valence-corrected chi connectivity index (χ0v) is 9.45. The lowest BCUT2D eigenvalue weighted by molar-refractivity contribution is 0.287. The second kappa shape index (κ2) is 3.81. The zero-order valence-electron chi connectivity index (χ0n) is 9.45. The second-order valence-electron chi connectivity index (χ2n) is 4.33. The molecule has 1 saturated heterocycles. The molecule has 0 bridgehead atoms. The highest BCUT2D eigenvalue weighted by Crippen LogP contribution is 2.32. The van der Waals surface area contributed by atoms with E-state index in [4.69, 9.17) is 5.73 Å². The van der Waals surface area contributed by atoms with E-state index < -0.39 is 0 Å². The number of hydrogen-bond acceptors (Lipinski definition) is 4. The molecule has 0 spiro atoms. The molecule has 1 atom stereocenters. The number of rotatable bonds is 2. The van der Waals surface area contributed by atoms with Crippen molar-refractivity contribution in [1.82, 2.24) is 20.1 Å². The SMILES string of the molecule is CCC1(c2nc(N)n(C)n2)CCCNC1. The Labute approximate surface area is 90.1 Å². The number of anilines is 1. The standard InChI is InChI=1S/C10H19N5/c1-3-10(5-4-6-12-7-10)8-13-9(11)15(2)14-8/h12H,3-7H2,1-2H3,(H2,11,13,14). The number of nitrogens with two attached hydrogens (primary N) is 1. The Kier molecular flexibility index (Phi) is 2.65. The quantitative estimate of drug-likeness (QED) is 0.741. The van der Waals surface area contributed by atoms with Gasteiger partial charge < -0.3 is 11.1 Å². The van der Waals surface area contributed by atoms with Gasteiger partial charge in [0.05, 0.1) is 0 Å². The lowest BCUT2D eigenvalue weighted by Crippen LogP contribution is -2.43. The summed E-state index contributed by atoms with van der Waals surface area (Å²) in [5.41, 5.74) is 5.82. The Morgan fingerprint density at radius 1 is 1.60 bits per heavy atom. The minimum atomic E-state index is 0.0909. The Morgan fingerprint density at radius 3 is 2.87 bits per heavy atom. The molecular weight excluding hydrogens is 190 g/mol. The maximum Gasteiger partial charge on any atom is 0.218 e. The maximum absolute atomic E-state index is 5.73. The van der Waals surface area contributed by atoms with Crippen LogP contribution in [0, 0.1) is 0 Å². The highest BCUT2D eigenvalue weighted by Gasteiger charge is 2.36. The van der Waals surface area contributed by atoms with Crippen molar-refractivity contribution in [1.29, 1.82) is 0 Å². The number of nitrogens with one attached hydrogen (secondary N) is 1.